The van der Waals surface area contributed by atoms with E-state index >= 15 is 0 Å². The van der Waals surface area contributed by atoms with Gasteiger partial charge in [-0.3, -0.25) is 24.6 Å². The van der Waals surface area contributed by atoms with Crippen molar-refractivity contribution in [3.05, 3.63) is 63.0 Å². The zero-order valence-corrected chi connectivity index (χ0v) is 19.0. The molecule has 8 heteroatoms. The van der Waals surface area contributed by atoms with Gasteiger partial charge in [0, 0.05) is 74.3 Å². The summed E-state index contributed by atoms with van der Waals surface area (Å²) in [5.41, 5.74) is 5.12. The third-order valence-electron chi connectivity index (χ3n) is 7.01. The molecular weight excluding hydrogens is 404 g/mol. The van der Waals surface area contributed by atoms with Gasteiger partial charge in [0.15, 0.2) is 5.65 Å². The molecule has 1 fully saturated rings. The van der Waals surface area contributed by atoms with E-state index in [-0.39, 0.29) is 17.4 Å². The van der Waals surface area contributed by atoms with Crippen LogP contribution in [-0.2, 0) is 13.0 Å². The average Bonchev–Trinajstić information content (AvgIpc) is 3.23. The van der Waals surface area contributed by atoms with Gasteiger partial charge in [-0.1, -0.05) is 0 Å². The van der Waals surface area contributed by atoms with Gasteiger partial charge in [-0.25, -0.2) is 9.50 Å². The van der Waals surface area contributed by atoms with Crippen molar-refractivity contribution in [3.63, 3.8) is 0 Å². The Hall–Kier alpha value is -3.00. The van der Waals surface area contributed by atoms with Crippen LogP contribution in [0.5, 0.6) is 0 Å². The molecule has 0 radical (unpaired) electrons. The molecule has 2 aliphatic rings. The number of hydrogen-bond donors (Lipinski definition) is 1. The molecule has 1 saturated heterocycles. The summed E-state index contributed by atoms with van der Waals surface area (Å²) in [6.07, 6.45) is 5.93. The summed E-state index contributed by atoms with van der Waals surface area (Å²) in [4.78, 5) is 39.2. The molecule has 0 bridgehead atoms. The van der Waals surface area contributed by atoms with Crippen LogP contribution in [0.4, 0.5) is 0 Å². The van der Waals surface area contributed by atoms with Crippen molar-refractivity contribution in [1.29, 1.82) is 0 Å². The van der Waals surface area contributed by atoms with Crippen molar-refractivity contribution in [2.24, 2.45) is 0 Å². The summed E-state index contributed by atoms with van der Waals surface area (Å²) in [5, 5.41) is 3.32. The molecule has 2 aliphatic heterocycles. The van der Waals surface area contributed by atoms with Gasteiger partial charge in [0.05, 0.1) is 11.3 Å². The molecule has 8 nitrogen and oxygen atoms in total. The van der Waals surface area contributed by atoms with Crippen LogP contribution in [0.3, 0.4) is 0 Å². The minimum Gasteiger partial charge on any atom is -0.339 e. The quantitative estimate of drug-likeness (QED) is 0.685. The van der Waals surface area contributed by atoms with Gasteiger partial charge >= 0.3 is 0 Å². The molecule has 5 rings (SSSR count). The SMILES string of the molecule is Cc1cnccc1C(=O)N1CCC(c2cc3nc4c(c(=O)n3[nH]2)CN(C(C)C)CC4)CC1. The molecule has 168 valence electrons. The molecule has 0 atom stereocenters. The molecule has 0 saturated carbocycles. The first-order valence-corrected chi connectivity index (χ1v) is 11.5. The van der Waals surface area contributed by atoms with E-state index in [0.717, 1.165) is 53.9 Å². The van der Waals surface area contributed by atoms with E-state index in [2.05, 4.69) is 28.8 Å². The Kier molecular flexibility index (Phi) is 5.33. The van der Waals surface area contributed by atoms with Crippen LogP contribution in [0.15, 0.2) is 29.3 Å². The van der Waals surface area contributed by atoms with Gasteiger partial charge in [-0.05, 0) is 45.2 Å². The number of nitrogens with one attached hydrogen (secondary N) is 1. The van der Waals surface area contributed by atoms with Crippen molar-refractivity contribution < 1.29 is 4.79 Å². The number of aryl methyl sites for hydroxylation is 1. The van der Waals surface area contributed by atoms with Gasteiger partial charge in [0.2, 0.25) is 0 Å². The molecule has 3 aromatic heterocycles. The van der Waals surface area contributed by atoms with Crippen molar-refractivity contribution in [2.45, 2.75) is 58.5 Å². The predicted molar refractivity (Wildman–Crippen MR) is 122 cm³/mol. The van der Waals surface area contributed by atoms with Gasteiger partial charge < -0.3 is 4.90 Å². The number of likely N-dealkylation sites (tertiary alicyclic amines) is 1. The Balaban J connectivity index is 1.34. The van der Waals surface area contributed by atoms with E-state index in [9.17, 15) is 9.59 Å². The summed E-state index contributed by atoms with van der Waals surface area (Å²) in [6.45, 7) is 9.23. The van der Waals surface area contributed by atoms with Crippen molar-refractivity contribution in [1.82, 2.24) is 29.4 Å². The number of fused-ring (bicyclic) bond motifs is 2. The number of hydrogen-bond acceptors (Lipinski definition) is 5. The highest BCUT2D eigenvalue weighted by molar-refractivity contribution is 5.95. The number of aromatic nitrogens is 4. The number of carbonyl (C=O) groups is 1. The molecule has 32 heavy (non-hydrogen) atoms. The van der Waals surface area contributed by atoms with E-state index in [4.69, 9.17) is 4.98 Å². The minimum absolute atomic E-state index is 0.0161. The first kappa shape index (κ1) is 20.9. The van der Waals surface area contributed by atoms with E-state index in [0.29, 0.717) is 31.3 Å². The Labute approximate surface area is 187 Å². The maximum atomic E-state index is 13.2. The first-order chi connectivity index (χ1) is 15.4. The van der Waals surface area contributed by atoms with Crippen LogP contribution in [0.2, 0.25) is 0 Å². The monoisotopic (exact) mass is 434 g/mol. The second-order valence-corrected chi connectivity index (χ2v) is 9.32. The van der Waals surface area contributed by atoms with E-state index in [1.165, 1.54) is 0 Å². The third kappa shape index (κ3) is 3.62. The van der Waals surface area contributed by atoms with Crippen molar-refractivity contribution >= 4 is 11.6 Å². The minimum atomic E-state index is 0.0161. The van der Waals surface area contributed by atoms with Crippen LogP contribution in [0.25, 0.3) is 5.65 Å². The number of rotatable bonds is 3. The fourth-order valence-electron chi connectivity index (χ4n) is 4.95. The van der Waals surface area contributed by atoms with E-state index in [1.54, 1.807) is 23.0 Å². The highest BCUT2D eigenvalue weighted by Crippen LogP contribution is 2.29. The zero-order chi connectivity index (χ0) is 22.4. The summed E-state index contributed by atoms with van der Waals surface area (Å²) >= 11 is 0. The highest BCUT2D eigenvalue weighted by atomic mass is 16.2. The van der Waals surface area contributed by atoms with Crippen LogP contribution >= 0.6 is 0 Å². The number of aromatic amines is 1. The number of piperidine rings is 1. The molecule has 5 heterocycles. The molecule has 0 aromatic carbocycles. The molecule has 1 N–H and O–H groups in total. The molecule has 0 spiro atoms. The molecular formula is C24H30N6O2. The number of pyridine rings is 1. The average molecular weight is 435 g/mol. The smallest absolute Gasteiger partial charge is 0.277 e. The van der Waals surface area contributed by atoms with Crippen molar-refractivity contribution in [2.75, 3.05) is 19.6 Å². The maximum absolute atomic E-state index is 13.2. The van der Waals surface area contributed by atoms with E-state index < -0.39 is 0 Å². The Bertz CT molecular complexity index is 1220. The highest BCUT2D eigenvalue weighted by Gasteiger charge is 2.28. The van der Waals surface area contributed by atoms with Crippen LogP contribution < -0.4 is 5.56 Å². The van der Waals surface area contributed by atoms with Gasteiger partial charge in [-0.2, -0.15) is 0 Å². The lowest BCUT2D eigenvalue weighted by molar-refractivity contribution is 0.0711. The first-order valence-electron chi connectivity index (χ1n) is 11.5. The van der Waals surface area contributed by atoms with Crippen LogP contribution in [-0.4, -0.2) is 61.0 Å². The predicted octanol–water partition coefficient (Wildman–Crippen LogP) is 2.51. The van der Waals surface area contributed by atoms with Gasteiger partial charge in [-0.15, -0.1) is 0 Å². The lowest BCUT2D eigenvalue weighted by Crippen LogP contribution is -2.40. The maximum Gasteiger partial charge on any atom is 0.277 e. The summed E-state index contributed by atoms with van der Waals surface area (Å²) < 4.78 is 1.61. The fraction of sp³-hybridized carbons (Fsp3) is 0.500. The Morgan fingerprint density at radius 2 is 2.00 bits per heavy atom. The second-order valence-electron chi connectivity index (χ2n) is 9.32. The molecule has 0 aliphatic carbocycles. The third-order valence-corrected chi connectivity index (χ3v) is 7.01. The van der Waals surface area contributed by atoms with Crippen LogP contribution in [0.1, 0.15) is 65.5 Å². The zero-order valence-electron chi connectivity index (χ0n) is 19.0. The Morgan fingerprint density at radius 1 is 1.22 bits per heavy atom. The summed E-state index contributed by atoms with van der Waals surface area (Å²) in [6, 6.07) is 4.22. The lowest BCUT2D eigenvalue weighted by Gasteiger charge is -2.31. The van der Waals surface area contributed by atoms with Crippen molar-refractivity contribution in [3.8, 4) is 0 Å². The van der Waals surface area contributed by atoms with E-state index in [1.807, 2.05) is 17.9 Å². The standard InChI is InChI=1S/C24H30N6O2/c1-15(2)29-11-7-20-19(14-29)24(32)30-22(26-20)12-21(27-30)17-5-9-28(10-6-17)23(31)18-4-8-25-13-16(18)3/h4,8,12-13,15,17,27H,5-7,9-11,14H2,1-3H3. The number of H-pyrrole nitrogens is 1. The topological polar surface area (TPSA) is 86.6 Å². The fourth-order valence-corrected chi connectivity index (χ4v) is 4.95. The Morgan fingerprint density at radius 3 is 2.72 bits per heavy atom. The second kappa shape index (κ2) is 8.16. The van der Waals surface area contributed by atoms with Gasteiger partial charge in [0.1, 0.15) is 0 Å². The number of carbonyl (C=O) groups excluding carboxylic acids is 1. The molecule has 1 amide bonds. The largest absolute Gasteiger partial charge is 0.339 e. The summed E-state index contributed by atoms with van der Waals surface area (Å²) in [5.74, 6) is 0.350. The molecule has 0 unspecified atom stereocenters. The molecule has 3 aromatic rings. The lowest BCUT2D eigenvalue weighted by atomic mass is 9.93. The number of nitrogens with zero attached hydrogens (tertiary/aromatic N) is 5. The normalized spacial score (nSPS) is 17.8. The number of amides is 1. The summed E-state index contributed by atoms with van der Waals surface area (Å²) in [7, 11) is 0. The van der Waals surface area contributed by atoms with Crippen LogP contribution in [0, 0.1) is 6.92 Å². The van der Waals surface area contributed by atoms with Gasteiger partial charge in [0.25, 0.3) is 11.5 Å².